The number of carbonyl (C=O) groups excluding carboxylic acids is 1. The van der Waals surface area contributed by atoms with E-state index in [1.807, 2.05) is 0 Å². The van der Waals surface area contributed by atoms with Gasteiger partial charge in [0.25, 0.3) is 5.69 Å². The third kappa shape index (κ3) is 3.94. The number of methoxy groups -OCH3 is 3. The Balaban J connectivity index is 2.37. The largest absolute Gasteiger partial charge is 0.493 e. The molecule has 2 aromatic carbocycles. The molecule has 26 heavy (non-hydrogen) atoms. The van der Waals surface area contributed by atoms with Crippen LogP contribution in [0.3, 0.4) is 0 Å². The standard InChI is InChI=1S/C18H16ClNO6/c1-24-16-9-6-11(17(25-2)18(16)26-3)5-8-15(21)12-4-7-13(19)14(10-12)20(22)23/h4-10H,1-3H3/b8-5+. The van der Waals surface area contributed by atoms with Gasteiger partial charge in [0.05, 0.1) is 26.3 Å². The minimum atomic E-state index is -0.639. The second-order valence-electron chi connectivity index (χ2n) is 5.04. The first-order chi connectivity index (χ1) is 12.4. The van der Waals surface area contributed by atoms with Crippen molar-refractivity contribution in [2.24, 2.45) is 0 Å². The molecule has 0 amide bonds. The highest BCUT2D eigenvalue weighted by molar-refractivity contribution is 6.32. The Morgan fingerprint density at radius 3 is 2.35 bits per heavy atom. The highest BCUT2D eigenvalue weighted by Crippen LogP contribution is 2.40. The van der Waals surface area contributed by atoms with Crippen molar-refractivity contribution in [2.75, 3.05) is 21.3 Å². The predicted molar refractivity (Wildman–Crippen MR) is 97.6 cm³/mol. The van der Waals surface area contributed by atoms with E-state index in [2.05, 4.69) is 0 Å². The maximum atomic E-state index is 12.3. The van der Waals surface area contributed by atoms with E-state index in [0.717, 1.165) is 6.07 Å². The van der Waals surface area contributed by atoms with Crippen LogP contribution >= 0.6 is 11.6 Å². The lowest BCUT2D eigenvalue weighted by Gasteiger charge is -2.13. The van der Waals surface area contributed by atoms with Crippen LogP contribution in [-0.2, 0) is 0 Å². The maximum absolute atomic E-state index is 12.3. The van der Waals surface area contributed by atoms with Gasteiger partial charge in [0, 0.05) is 17.2 Å². The summed E-state index contributed by atoms with van der Waals surface area (Å²) in [6.45, 7) is 0. The summed E-state index contributed by atoms with van der Waals surface area (Å²) in [5.41, 5.74) is 0.411. The average molecular weight is 378 g/mol. The van der Waals surface area contributed by atoms with Gasteiger partial charge in [-0.25, -0.2) is 0 Å². The van der Waals surface area contributed by atoms with Gasteiger partial charge < -0.3 is 14.2 Å². The molecule has 0 unspecified atom stereocenters. The van der Waals surface area contributed by atoms with E-state index < -0.39 is 10.7 Å². The van der Waals surface area contributed by atoms with E-state index in [-0.39, 0.29) is 16.3 Å². The highest BCUT2D eigenvalue weighted by atomic mass is 35.5. The number of allylic oxidation sites excluding steroid dienone is 1. The summed E-state index contributed by atoms with van der Waals surface area (Å²) >= 11 is 5.76. The van der Waals surface area contributed by atoms with Crippen molar-refractivity contribution in [1.82, 2.24) is 0 Å². The van der Waals surface area contributed by atoms with Crippen molar-refractivity contribution in [2.45, 2.75) is 0 Å². The number of nitro benzene ring substituents is 1. The Kier molecular flexibility index (Phi) is 6.19. The lowest BCUT2D eigenvalue weighted by molar-refractivity contribution is -0.384. The minimum absolute atomic E-state index is 0.0305. The summed E-state index contributed by atoms with van der Waals surface area (Å²) in [5, 5.41) is 10.9. The molecule has 0 saturated carbocycles. The zero-order valence-corrected chi connectivity index (χ0v) is 15.1. The van der Waals surface area contributed by atoms with Crippen LogP contribution < -0.4 is 14.2 Å². The molecule has 2 aromatic rings. The molecular weight excluding hydrogens is 362 g/mol. The second-order valence-corrected chi connectivity index (χ2v) is 5.45. The van der Waals surface area contributed by atoms with Gasteiger partial charge >= 0.3 is 0 Å². The van der Waals surface area contributed by atoms with Crippen molar-refractivity contribution < 1.29 is 23.9 Å². The first-order valence-corrected chi connectivity index (χ1v) is 7.76. The molecule has 2 rings (SSSR count). The molecule has 0 aliphatic heterocycles. The van der Waals surface area contributed by atoms with Crippen LogP contribution in [0.2, 0.25) is 5.02 Å². The van der Waals surface area contributed by atoms with E-state index in [1.165, 1.54) is 45.6 Å². The molecule has 0 heterocycles. The van der Waals surface area contributed by atoms with Gasteiger partial charge in [-0.05, 0) is 36.4 Å². The smallest absolute Gasteiger partial charge is 0.288 e. The Hall–Kier alpha value is -3.06. The molecule has 0 radical (unpaired) electrons. The van der Waals surface area contributed by atoms with E-state index in [1.54, 1.807) is 12.1 Å². The molecule has 0 N–H and O–H groups in total. The van der Waals surface area contributed by atoms with Crippen LogP contribution in [0.15, 0.2) is 36.4 Å². The summed E-state index contributed by atoms with van der Waals surface area (Å²) in [7, 11) is 4.45. The Morgan fingerprint density at radius 1 is 1.08 bits per heavy atom. The third-order valence-electron chi connectivity index (χ3n) is 3.58. The molecule has 136 valence electrons. The number of benzene rings is 2. The van der Waals surface area contributed by atoms with Crippen molar-refractivity contribution in [3.63, 3.8) is 0 Å². The third-order valence-corrected chi connectivity index (χ3v) is 3.90. The molecule has 7 nitrogen and oxygen atoms in total. The number of ketones is 1. The summed E-state index contributed by atoms with van der Waals surface area (Å²) in [4.78, 5) is 22.6. The van der Waals surface area contributed by atoms with Crippen molar-refractivity contribution >= 4 is 29.1 Å². The lowest BCUT2D eigenvalue weighted by Crippen LogP contribution is -1.98. The Bertz CT molecular complexity index is 878. The summed E-state index contributed by atoms with van der Waals surface area (Å²) in [6, 6.07) is 7.26. The topological polar surface area (TPSA) is 87.9 Å². The number of nitrogens with zero attached hydrogens (tertiary/aromatic N) is 1. The van der Waals surface area contributed by atoms with Crippen molar-refractivity contribution in [3.8, 4) is 17.2 Å². The fourth-order valence-electron chi connectivity index (χ4n) is 2.32. The fraction of sp³-hybridized carbons (Fsp3) is 0.167. The van der Waals surface area contributed by atoms with Gasteiger partial charge in [0.2, 0.25) is 5.75 Å². The molecule has 0 atom stereocenters. The molecule has 0 spiro atoms. The van der Waals surface area contributed by atoms with E-state index in [4.69, 9.17) is 25.8 Å². The predicted octanol–water partition coefficient (Wildman–Crippen LogP) is 4.17. The van der Waals surface area contributed by atoms with Gasteiger partial charge in [-0.3, -0.25) is 14.9 Å². The second kappa shape index (κ2) is 8.35. The molecule has 0 saturated heterocycles. The number of rotatable bonds is 7. The number of ether oxygens (including phenoxy) is 3. The number of nitro groups is 1. The maximum Gasteiger partial charge on any atom is 0.288 e. The molecule has 0 aliphatic carbocycles. The zero-order valence-electron chi connectivity index (χ0n) is 14.3. The SMILES string of the molecule is COc1ccc(/C=C/C(=O)c2ccc(Cl)c([N+](=O)[O-])c2)c(OC)c1OC. The molecule has 0 aliphatic rings. The van der Waals surface area contributed by atoms with Crippen LogP contribution in [0.25, 0.3) is 6.08 Å². The molecule has 0 aromatic heterocycles. The van der Waals surface area contributed by atoms with Crippen LogP contribution in [-0.4, -0.2) is 32.0 Å². The number of hydrogen-bond acceptors (Lipinski definition) is 6. The van der Waals surface area contributed by atoms with Crippen molar-refractivity contribution in [3.05, 3.63) is 62.7 Å². The number of hydrogen-bond donors (Lipinski definition) is 0. The van der Waals surface area contributed by atoms with Gasteiger partial charge in [-0.15, -0.1) is 0 Å². The number of carbonyl (C=O) groups is 1. The Morgan fingerprint density at radius 2 is 1.77 bits per heavy atom. The van der Waals surface area contributed by atoms with E-state index in [0.29, 0.717) is 22.8 Å². The highest BCUT2D eigenvalue weighted by Gasteiger charge is 2.16. The van der Waals surface area contributed by atoms with E-state index in [9.17, 15) is 14.9 Å². The van der Waals surface area contributed by atoms with Gasteiger partial charge in [0.15, 0.2) is 17.3 Å². The lowest BCUT2D eigenvalue weighted by atomic mass is 10.1. The summed E-state index contributed by atoms with van der Waals surface area (Å²) in [6.07, 6.45) is 2.82. The van der Waals surface area contributed by atoms with Crippen LogP contribution in [0.5, 0.6) is 17.2 Å². The van der Waals surface area contributed by atoms with Crippen LogP contribution in [0.1, 0.15) is 15.9 Å². The number of halogens is 1. The Labute approximate surface area is 154 Å². The minimum Gasteiger partial charge on any atom is -0.493 e. The van der Waals surface area contributed by atoms with Gasteiger partial charge in [0.1, 0.15) is 5.02 Å². The molecule has 0 bridgehead atoms. The van der Waals surface area contributed by atoms with Crippen molar-refractivity contribution in [1.29, 1.82) is 0 Å². The van der Waals surface area contributed by atoms with Crippen LogP contribution in [0, 0.1) is 10.1 Å². The van der Waals surface area contributed by atoms with Gasteiger partial charge in [-0.1, -0.05) is 11.6 Å². The quantitative estimate of drug-likeness (QED) is 0.311. The first-order valence-electron chi connectivity index (χ1n) is 7.38. The fourth-order valence-corrected chi connectivity index (χ4v) is 2.51. The molecule has 8 heteroatoms. The van der Waals surface area contributed by atoms with Gasteiger partial charge in [-0.2, -0.15) is 0 Å². The normalized spacial score (nSPS) is 10.6. The molecule has 0 fully saturated rings. The summed E-state index contributed by atoms with van der Waals surface area (Å²) < 4.78 is 15.8. The van der Waals surface area contributed by atoms with Crippen LogP contribution in [0.4, 0.5) is 5.69 Å². The molecular formula is C18H16ClNO6. The van der Waals surface area contributed by atoms with E-state index >= 15 is 0 Å². The monoisotopic (exact) mass is 377 g/mol. The summed E-state index contributed by atoms with van der Waals surface area (Å²) in [5.74, 6) is 0.868. The first kappa shape index (κ1) is 19.3. The zero-order chi connectivity index (χ0) is 19.3. The average Bonchev–Trinajstić information content (AvgIpc) is 2.65.